The summed E-state index contributed by atoms with van der Waals surface area (Å²) in [4.78, 5) is 0. The van der Waals surface area contributed by atoms with Crippen LogP contribution in [0.2, 0.25) is 5.02 Å². The van der Waals surface area contributed by atoms with Crippen molar-refractivity contribution in [3.8, 4) is 0 Å². The van der Waals surface area contributed by atoms with Crippen molar-refractivity contribution in [3.63, 3.8) is 0 Å². The first-order valence-electron chi connectivity index (χ1n) is 6.08. The van der Waals surface area contributed by atoms with Crippen molar-refractivity contribution in [3.05, 3.63) is 63.3 Å². The second kappa shape index (κ2) is 6.40. The van der Waals surface area contributed by atoms with Crippen molar-refractivity contribution in [2.45, 2.75) is 19.4 Å². The quantitative estimate of drug-likeness (QED) is 0.740. The van der Waals surface area contributed by atoms with Crippen LogP contribution in [0.3, 0.4) is 0 Å². The highest BCUT2D eigenvalue weighted by Crippen LogP contribution is 2.30. The number of nitrogens with one attached hydrogen (secondary N) is 1. The summed E-state index contributed by atoms with van der Waals surface area (Å²) in [5.74, 6) is -0.262. The highest BCUT2D eigenvalue weighted by atomic mass is 79.9. The molecule has 2 aromatic carbocycles. The summed E-state index contributed by atoms with van der Waals surface area (Å²) in [6.07, 6.45) is 0.850. The first-order chi connectivity index (χ1) is 9.11. The van der Waals surface area contributed by atoms with Gasteiger partial charge in [0.1, 0.15) is 5.82 Å². The van der Waals surface area contributed by atoms with Crippen molar-refractivity contribution in [1.82, 2.24) is 0 Å². The molecule has 1 unspecified atom stereocenters. The Kier molecular flexibility index (Phi) is 4.83. The van der Waals surface area contributed by atoms with Crippen LogP contribution < -0.4 is 5.32 Å². The van der Waals surface area contributed by atoms with Gasteiger partial charge in [-0.15, -0.1) is 0 Å². The lowest BCUT2D eigenvalue weighted by molar-refractivity contribution is 0.623. The van der Waals surface area contributed by atoms with E-state index in [1.54, 1.807) is 6.07 Å². The average Bonchev–Trinajstić information content (AvgIpc) is 2.40. The molecule has 0 aliphatic heterocycles. The molecule has 19 heavy (non-hydrogen) atoms. The summed E-state index contributed by atoms with van der Waals surface area (Å²) in [6.45, 7) is 2.06. The van der Waals surface area contributed by atoms with Crippen LogP contribution in [0.25, 0.3) is 0 Å². The second-order valence-corrected chi connectivity index (χ2v) is 5.54. The number of rotatable bonds is 4. The topological polar surface area (TPSA) is 12.0 Å². The molecule has 0 saturated heterocycles. The number of benzene rings is 2. The van der Waals surface area contributed by atoms with Crippen LogP contribution in [-0.2, 0) is 0 Å². The zero-order valence-corrected chi connectivity index (χ0v) is 12.8. The summed E-state index contributed by atoms with van der Waals surface area (Å²) in [5, 5.41) is 3.94. The Morgan fingerprint density at radius 2 is 1.89 bits per heavy atom. The maximum atomic E-state index is 13.8. The molecule has 1 N–H and O–H groups in total. The third-order valence-corrected chi connectivity index (χ3v) is 3.87. The Morgan fingerprint density at radius 3 is 2.47 bits per heavy atom. The molecule has 0 spiro atoms. The Morgan fingerprint density at radius 1 is 1.21 bits per heavy atom. The van der Waals surface area contributed by atoms with E-state index in [0.29, 0.717) is 10.7 Å². The Labute approximate surface area is 125 Å². The third kappa shape index (κ3) is 3.48. The van der Waals surface area contributed by atoms with Crippen molar-refractivity contribution in [2.75, 3.05) is 5.32 Å². The van der Waals surface area contributed by atoms with Crippen LogP contribution in [0, 0.1) is 5.82 Å². The predicted octanol–water partition coefficient (Wildman–Crippen LogP) is 5.80. The van der Waals surface area contributed by atoms with Crippen molar-refractivity contribution in [2.24, 2.45) is 0 Å². The van der Waals surface area contributed by atoms with Gasteiger partial charge in [-0.25, -0.2) is 4.39 Å². The molecular weight excluding hydrogens is 329 g/mol. The van der Waals surface area contributed by atoms with Gasteiger partial charge in [0.2, 0.25) is 0 Å². The van der Waals surface area contributed by atoms with Gasteiger partial charge in [0.15, 0.2) is 0 Å². The summed E-state index contributed by atoms with van der Waals surface area (Å²) in [5.41, 5.74) is 1.58. The van der Waals surface area contributed by atoms with Crippen LogP contribution in [-0.4, -0.2) is 0 Å². The predicted molar refractivity (Wildman–Crippen MR) is 82.2 cm³/mol. The summed E-state index contributed by atoms with van der Waals surface area (Å²) < 4.78 is 14.5. The molecule has 2 rings (SSSR count). The first-order valence-corrected chi connectivity index (χ1v) is 7.25. The fourth-order valence-electron chi connectivity index (χ4n) is 1.93. The largest absolute Gasteiger partial charge is 0.375 e. The lowest BCUT2D eigenvalue weighted by Crippen LogP contribution is -2.11. The van der Waals surface area contributed by atoms with Gasteiger partial charge in [-0.2, -0.15) is 0 Å². The molecule has 2 aromatic rings. The van der Waals surface area contributed by atoms with E-state index in [9.17, 15) is 4.39 Å². The van der Waals surface area contributed by atoms with Gasteiger partial charge in [0.05, 0.1) is 11.7 Å². The lowest BCUT2D eigenvalue weighted by Gasteiger charge is -2.20. The van der Waals surface area contributed by atoms with Crippen LogP contribution >= 0.6 is 27.5 Å². The highest BCUT2D eigenvalue weighted by Gasteiger charge is 2.13. The molecule has 0 bridgehead atoms. The third-order valence-electron chi connectivity index (χ3n) is 2.96. The maximum Gasteiger partial charge on any atom is 0.147 e. The van der Waals surface area contributed by atoms with Crippen molar-refractivity contribution < 1.29 is 4.39 Å². The Balaban J connectivity index is 2.26. The first kappa shape index (κ1) is 14.4. The average molecular weight is 343 g/mol. The lowest BCUT2D eigenvalue weighted by atomic mass is 10.0. The van der Waals surface area contributed by atoms with E-state index in [1.807, 2.05) is 30.3 Å². The van der Waals surface area contributed by atoms with Gasteiger partial charge in [0.25, 0.3) is 0 Å². The van der Waals surface area contributed by atoms with Gasteiger partial charge in [-0.3, -0.25) is 0 Å². The van der Waals surface area contributed by atoms with Crippen LogP contribution in [0.1, 0.15) is 24.9 Å². The summed E-state index contributed by atoms with van der Waals surface area (Å²) >= 11 is 9.25. The summed E-state index contributed by atoms with van der Waals surface area (Å²) in [7, 11) is 0. The zero-order valence-electron chi connectivity index (χ0n) is 10.5. The molecule has 0 fully saturated rings. The number of halogens is 3. The minimum absolute atomic E-state index is 0.0467. The molecule has 4 heteroatoms. The van der Waals surface area contributed by atoms with Gasteiger partial charge < -0.3 is 5.32 Å². The number of anilines is 1. The molecule has 100 valence electrons. The van der Waals surface area contributed by atoms with E-state index in [1.165, 1.54) is 6.07 Å². The molecule has 0 heterocycles. The van der Waals surface area contributed by atoms with Crippen molar-refractivity contribution >= 4 is 33.2 Å². The van der Waals surface area contributed by atoms with Crippen LogP contribution in [0.15, 0.2) is 46.9 Å². The highest BCUT2D eigenvalue weighted by molar-refractivity contribution is 9.10. The Hall–Kier alpha value is -1.06. The molecule has 0 saturated carbocycles. The van der Waals surface area contributed by atoms with Gasteiger partial charge >= 0.3 is 0 Å². The van der Waals surface area contributed by atoms with E-state index in [4.69, 9.17) is 11.6 Å². The molecule has 0 aliphatic carbocycles. The van der Waals surface area contributed by atoms with Crippen LogP contribution in [0.5, 0.6) is 0 Å². The monoisotopic (exact) mass is 341 g/mol. The van der Waals surface area contributed by atoms with E-state index in [0.717, 1.165) is 16.5 Å². The fourth-order valence-corrected chi connectivity index (χ4v) is 2.51. The minimum atomic E-state index is -0.262. The molecule has 1 atom stereocenters. The van der Waals surface area contributed by atoms with Gasteiger partial charge in [0, 0.05) is 9.50 Å². The fraction of sp³-hybridized carbons (Fsp3) is 0.200. The van der Waals surface area contributed by atoms with Gasteiger partial charge in [-0.05, 0) is 52.2 Å². The van der Waals surface area contributed by atoms with Crippen LogP contribution in [0.4, 0.5) is 10.1 Å². The van der Waals surface area contributed by atoms with E-state index < -0.39 is 0 Å². The minimum Gasteiger partial charge on any atom is -0.375 e. The zero-order chi connectivity index (χ0) is 13.8. The molecule has 0 amide bonds. The smallest absolute Gasteiger partial charge is 0.147 e. The number of hydrogen-bond acceptors (Lipinski definition) is 1. The molecule has 0 aliphatic rings. The van der Waals surface area contributed by atoms with E-state index >= 15 is 0 Å². The standard InChI is InChI=1S/C15H14BrClFN/c1-2-14(10-6-8-11(17)9-7-10)19-15-12(16)4-3-5-13(15)18/h3-9,14,19H,2H2,1H3. The molecular formula is C15H14BrClFN. The van der Waals surface area contributed by atoms with Gasteiger partial charge in [-0.1, -0.05) is 36.7 Å². The molecule has 0 radical (unpaired) electrons. The SMILES string of the molecule is CCC(Nc1c(F)cccc1Br)c1ccc(Cl)cc1. The number of hydrogen-bond donors (Lipinski definition) is 1. The van der Waals surface area contributed by atoms with Crippen molar-refractivity contribution in [1.29, 1.82) is 0 Å². The number of para-hydroxylation sites is 1. The summed E-state index contributed by atoms with van der Waals surface area (Å²) in [6, 6.07) is 12.6. The molecule has 1 nitrogen and oxygen atoms in total. The normalized spacial score (nSPS) is 12.2. The van der Waals surface area contributed by atoms with E-state index in [2.05, 4.69) is 28.2 Å². The van der Waals surface area contributed by atoms with E-state index in [-0.39, 0.29) is 11.9 Å². The maximum absolute atomic E-state index is 13.8. The molecule has 0 aromatic heterocycles. The Bertz CT molecular complexity index is 536. The second-order valence-electron chi connectivity index (χ2n) is 4.25.